The zero-order valence-electron chi connectivity index (χ0n) is 12.4. The average molecular weight is 268 g/mol. The van der Waals surface area contributed by atoms with E-state index in [9.17, 15) is 4.79 Å². The molecule has 20 heavy (non-hydrogen) atoms. The van der Waals surface area contributed by atoms with Crippen molar-refractivity contribution in [3.63, 3.8) is 0 Å². The molecule has 0 amide bonds. The van der Waals surface area contributed by atoms with E-state index in [0.29, 0.717) is 11.3 Å². The predicted molar refractivity (Wildman–Crippen MR) is 81.3 cm³/mol. The molecule has 0 saturated heterocycles. The Bertz CT molecular complexity index is 607. The van der Waals surface area contributed by atoms with Crippen LogP contribution in [0, 0.1) is 6.92 Å². The number of carbonyl (C=O) groups is 1. The fourth-order valence-electron chi connectivity index (χ4n) is 1.98. The minimum absolute atomic E-state index is 0.0277. The Hall–Kier alpha value is -2.09. The van der Waals surface area contributed by atoms with Crippen LogP contribution < -0.4 is 4.74 Å². The van der Waals surface area contributed by atoms with Crippen molar-refractivity contribution in [1.82, 2.24) is 0 Å². The smallest absolute Gasteiger partial charge is 0.343 e. The first-order valence-corrected chi connectivity index (χ1v) is 6.76. The standard InChI is InChI=1S/C18H20O2/c1-13-10-15(18(2,3)4)12-16(11-13)20-17(19)14-8-6-5-7-9-14/h5-12H,1-4H3. The Morgan fingerprint density at radius 1 is 1.00 bits per heavy atom. The van der Waals surface area contributed by atoms with Crippen LogP contribution in [0.2, 0.25) is 0 Å². The molecule has 0 saturated carbocycles. The van der Waals surface area contributed by atoms with Crippen molar-refractivity contribution in [3.8, 4) is 5.75 Å². The van der Waals surface area contributed by atoms with Gasteiger partial charge in [0.15, 0.2) is 0 Å². The molecule has 0 N–H and O–H groups in total. The van der Waals surface area contributed by atoms with Crippen LogP contribution in [0.25, 0.3) is 0 Å². The molecule has 0 fully saturated rings. The van der Waals surface area contributed by atoms with Gasteiger partial charge in [0.05, 0.1) is 5.56 Å². The number of hydrogen-bond acceptors (Lipinski definition) is 2. The van der Waals surface area contributed by atoms with Crippen LogP contribution in [0.3, 0.4) is 0 Å². The summed E-state index contributed by atoms with van der Waals surface area (Å²) < 4.78 is 5.48. The first-order chi connectivity index (χ1) is 9.36. The number of benzene rings is 2. The number of rotatable bonds is 2. The lowest BCUT2D eigenvalue weighted by Crippen LogP contribution is -2.13. The third-order valence-corrected chi connectivity index (χ3v) is 3.14. The van der Waals surface area contributed by atoms with Gasteiger partial charge in [-0.3, -0.25) is 0 Å². The van der Waals surface area contributed by atoms with E-state index in [2.05, 4.69) is 26.8 Å². The number of esters is 1. The van der Waals surface area contributed by atoms with Crippen LogP contribution in [0.4, 0.5) is 0 Å². The summed E-state index contributed by atoms with van der Waals surface area (Å²) in [6, 6.07) is 15.0. The van der Waals surface area contributed by atoms with Crippen LogP contribution in [0.1, 0.15) is 42.3 Å². The zero-order valence-corrected chi connectivity index (χ0v) is 12.4. The molecule has 0 aromatic heterocycles. The van der Waals surface area contributed by atoms with Gasteiger partial charge in [0.25, 0.3) is 0 Å². The normalized spacial score (nSPS) is 11.2. The molecule has 2 rings (SSSR count). The molecule has 0 atom stereocenters. The molecule has 0 aliphatic rings. The molecule has 0 spiro atoms. The Balaban J connectivity index is 2.26. The summed E-state index contributed by atoms with van der Waals surface area (Å²) in [4.78, 5) is 12.1. The maximum atomic E-state index is 12.1. The van der Waals surface area contributed by atoms with Crippen molar-refractivity contribution in [2.75, 3.05) is 0 Å². The Morgan fingerprint density at radius 2 is 1.65 bits per heavy atom. The molecule has 0 heterocycles. The Morgan fingerprint density at radius 3 is 2.25 bits per heavy atom. The quantitative estimate of drug-likeness (QED) is 0.591. The summed E-state index contributed by atoms with van der Waals surface area (Å²) in [5.41, 5.74) is 2.84. The van der Waals surface area contributed by atoms with E-state index in [4.69, 9.17) is 4.74 Å². The number of aryl methyl sites for hydroxylation is 1. The molecule has 2 nitrogen and oxygen atoms in total. The minimum atomic E-state index is -0.323. The third kappa shape index (κ3) is 3.47. The van der Waals surface area contributed by atoms with Gasteiger partial charge in [-0.1, -0.05) is 45.0 Å². The average Bonchev–Trinajstić information content (AvgIpc) is 2.38. The van der Waals surface area contributed by atoms with Gasteiger partial charge in [0, 0.05) is 0 Å². The number of hydrogen-bond donors (Lipinski definition) is 0. The highest BCUT2D eigenvalue weighted by Crippen LogP contribution is 2.27. The summed E-state index contributed by atoms with van der Waals surface area (Å²) in [5.74, 6) is 0.278. The van der Waals surface area contributed by atoms with Crippen molar-refractivity contribution in [3.05, 3.63) is 65.2 Å². The van der Waals surface area contributed by atoms with Crippen LogP contribution >= 0.6 is 0 Å². The fraction of sp³-hybridized carbons (Fsp3) is 0.278. The van der Waals surface area contributed by atoms with Gasteiger partial charge >= 0.3 is 5.97 Å². The lowest BCUT2D eigenvalue weighted by atomic mass is 9.86. The van der Waals surface area contributed by atoms with E-state index in [0.717, 1.165) is 11.1 Å². The minimum Gasteiger partial charge on any atom is -0.423 e. The molecule has 2 aromatic rings. The van der Waals surface area contributed by atoms with Gasteiger partial charge in [-0.2, -0.15) is 0 Å². The molecule has 104 valence electrons. The van der Waals surface area contributed by atoms with Crippen LogP contribution in [0.5, 0.6) is 5.75 Å². The summed E-state index contributed by atoms with van der Waals surface area (Å²) in [6.07, 6.45) is 0. The van der Waals surface area contributed by atoms with E-state index in [1.165, 1.54) is 0 Å². The summed E-state index contributed by atoms with van der Waals surface area (Å²) in [6.45, 7) is 8.44. The van der Waals surface area contributed by atoms with Crippen molar-refractivity contribution >= 4 is 5.97 Å². The molecule has 2 aromatic carbocycles. The van der Waals surface area contributed by atoms with E-state index in [1.807, 2.05) is 37.3 Å². The predicted octanol–water partition coefficient (Wildman–Crippen LogP) is 4.51. The van der Waals surface area contributed by atoms with Gasteiger partial charge in [-0.25, -0.2) is 4.79 Å². The van der Waals surface area contributed by atoms with E-state index in [-0.39, 0.29) is 11.4 Å². The van der Waals surface area contributed by atoms with Gasteiger partial charge < -0.3 is 4.74 Å². The SMILES string of the molecule is Cc1cc(OC(=O)c2ccccc2)cc(C(C)(C)C)c1. The zero-order chi connectivity index (χ0) is 14.8. The lowest BCUT2D eigenvalue weighted by Gasteiger charge is -2.20. The maximum absolute atomic E-state index is 12.1. The second-order valence-corrected chi connectivity index (χ2v) is 6.04. The largest absolute Gasteiger partial charge is 0.423 e. The van der Waals surface area contributed by atoms with Crippen molar-refractivity contribution < 1.29 is 9.53 Å². The first kappa shape index (κ1) is 14.3. The summed E-state index contributed by atoms with van der Waals surface area (Å²) >= 11 is 0. The third-order valence-electron chi connectivity index (χ3n) is 3.14. The van der Waals surface area contributed by atoms with Gasteiger partial charge in [-0.15, -0.1) is 0 Å². The van der Waals surface area contributed by atoms with Gasteiger partial charge in [-0.05, 0) is 47.7 Å². The Labute approximate surface area is 120 Å². The van der Waals surface area contributed by atoms with Crippen LogP contribution in [-0.4, -0.2) is 5.97 Å². The fourth-order valence-corrected chi connectivity index (χ4v) is 1.98. The topological polar surface area (TPSA) is 26.3 Å². The number of carbonyl (C=O) groups excluding carboxylic acids is 1. The highest BCUT2D eigenvalue weighted by atomic mass is 16.5. The molecule has 0 aliphatic carbocycles. The van der Waals surface area contributed by atoms with Crippen molar-refractivity contribution in [2.45, 2.75) is 33.1 Å². The second-order valence-electron chi connectivity index (χ2n) is 6.04. The molecule has 0 radical (unpaired) electrons. The second kappa shape index (κ2) is 5.49. The molecule has 2 heteroatoms. The number of ether oxygens (including phenoxy) is 1. The summed E-state index contributed by atoms with van der Waals surface area (Å²) in [5, 5.41) is 0. The van der Waals surface area contributed by atoms with E-state index < -0.39 is 0 Å². The molecular weight excluding hydrogens is 248 g/mol. The molecular formula is C18H20O2. The van der Waals surface area contributed by atoms with E-state index in [1.54, 1.807) is 12.1 Å². The first-order valence-electron chi connectivity index (χ1n) is 6.76. The Kier molecular flexibility index (Phi) is 3.93. The lowest BCUT2D eigenvalue weighted by molar-refractivity contribution is 0.0734. The van der Waals surface area contributed by atoms with E-state index >= 15 is 0 Å². The highest BCUT2D eigenvalue weighted by molar-refractivity contribution is 5.91. The van der Waals surface area contributed by atoms with Crippen molar-refractivity contribution in [1.29, 1.82) is 0 Å². The highest BCUT2D eigenvalue weighted by Gasteiger charge is 2.16. The monoisotopic (exact) mass is 268 g/mol. The van der Waals surface area contributed by atoms with Crippen LogP contribution in [0.15, 0.2) is 48.5 Å². The molecule has 0 aliphatic heterocycles. The summed E-state index contributed by atoms with van der Waals surface area (Å²) in [7, 11) is 0. The maximum Gasteiger partial charge on any atom is 0.343 e. The molecule has 0 bridgehead atoms. The van der Waals surface area contributed by atoms with Crippen LogP contribution in [-0.2, 0) is 5.41 Å². The van der Waals surface area contributed by atoms with Gasteiger partial charge in [0.2, 0.25) is 0 Å². The molecule has 0 unspecified atom stereocenters. The van der Waals surface area contributed by atoms with Crippen molar-refractivity contribution in [2.24, 2.45) is 0 Å². The van der Waals surface area contributed by atoms with Gasteiger partial charge in [0.1, 0.15) is 5.75 Å².